The molecule has 0 fully saturated rings. The molecular formula is C16H10ClF2N3O2S. The van der Waals surface area contributed by atoms with Gasteiger partial charge in [0.15, 0.2) is 11.6 Å². The van der Waals surface area contributed by atoms with E-state index >= 15 is 0 Å². The summed E-state index contributed by atoms with van der Waals surface area (Å²) >= 11 is 7.10. The zero-order chi connectivity index (χ0) is 18.1. The number of benzene rings is 2. The van der Waals surface area contributed by atoms with E-state index in [1.54, 1.807) is 0 Å². The molecule has 1 heterocycles. The van der Waals surface area contributed by atoms with Crippen molar-refractivity contribution in [2.45, 2.75) is 6.54 Å². The average molecular weight is 382 g/mol. The van der Waals surface area contributed by atoms with Gasteiger partial charge in [0.25, 0.3) is 0 Å². The molecule has 0 saturated carbocycles. The maximum absolute atomic E-state index is 13.3. The quantitative estimate of drug-likeness (QED) is 0.754. The number of primary amides is 1. The molecule has 2 N–H and O–H groups in total. The second-order valence-electron chi connectivity index (χ2n) is 5.13. The number of amides is 1. The zero-order valence-corrected chi connectivity index (χ0v) is 14.1. The van der Waals surface area contributed by atoms with E-state index in [1.165, 1.54) is 28.2 Å². The third-order valence-corrected chi connectivity index (χ3v) is 4.72. The number of aromatic nitrogens is 2. The van der Waals surface area contributed by atoms with Crippen LogP contribution in [-0.2, 0) is 6.54 Å². The first-order valence-corrected chi connectivity index (χ1v) is 8.12. The predicted molar refractivity (Wildman–Crippen MR) is 90.8 cm³/mol. The first-order valence-electron chi connectivity index (χ1n) is 6.97. The minimum atomic E-state index is -0.993. The van der Waals surface area contributed by atoms with Gasteiger partial charge >= 0.3 is 5.69 Å². The number of carbonyl (C=O) groups is 1. The van der Waals surface area contributed by atoms with Gasteiger partial charge < -0.3 is 5.73 Å². The Hall–Kier alpha value is -2.58. The van der Waals surface area contributed by atoms with Crippen LogP contribution in [0.5, 0.6) is 0 Å². The van der Waals surface area contributed by atoms with Crippen LogP contribution in [0.2, 0.25) is 5.02 Å². The maximum Gasteiger partial charge on any atom is 0.358 e. The van der Waals surface area contributed by atoms with E-state index in [-0.39, 0.29) is 12.1 Å². The Bertz CT molecular complexity index is 1030. The Morgan fingerprint density at radius 1 is 1.20 bits per heavy atom. The summed E-state index contributed by atoms with van der Waals surface area (Å²) in [6, 6.07) is 7.79. The van der Waals surface area contributed by atoms with Crippen LogP contribution in [0.25, 0.3) is 10.6 Å². The highest BCUT2D eigenvalue weighted by molar-refractivity contribution is 7.09. The van der Waals surface area contributed by atoms with Gasteiger partial charge in [-0.15, -0.1) is 0 Å². The predicted octanol–water partition coefficient (Wildman–Crippen LogP) is 3.05. The van der Waals surface area contributed by atoms with Gasteiger partial charge in [-0.1, -0.05) is 17.7 Å². The maximum atomic E-state index is 13.3. The Morgan fingerprint density at radius 2 is 1.96 bits per heavy atom. The number of halogens is 3. The lowest BCUT2D eigenvalue weighted by Gasteiger charge is -2.03. The summed E-state index contributed by atoms with van der Waals surface area (Å²) < 4.78 is 27.5. The Balaban J connectivity index is 1.98. The molecule has 0 aliphatic carbocycles. The molecule has 0 saturated heterocycles. The highest BCUT2D eigenvalue weighted by Gasteiger charge is 2.14. The van der Waals surface area contributed by atoms with Gasteiger partial charge in [-0.3, -0.25) is 4.79 Å². The lowest BCUT2D eigenvalue weighted by Crippen LogP contribution is -2.15. The molecule has 0 aliphatic rings. The molecule has 0 spiro atoms. The molecule has 1 aromatic heterocycles. The SMILES string of the molecule is NC(=O)c1ccc(Cl)c(-c2nc(=O)n(Cc3ccc(F)c(F)c3)s2)c1. The molecule has 128 valence electrons. The first kappa shape index (κ1) is 17.2. The second kappa shape index (κ2) is 6.73. The zero-order valence-electron chi connectivity index (χ0n) is 12.5. The van der Waals surface area contributed by atoms with Crippen molar-refractivity contribution in [2.24, 2.45) is 5.73 Å². The molecule has 0 radical (unpaired) electrons. The van der Waals surface area contributed by atoms with E-state index < -0.39 is 23.2 Å². The molecule has 2 aromatic carbocycles. The molecular weight excluding hydrogens is 372 g/mol. The summed E-state index contributed by atoms with van der Waals surface area (Å²) in [5.41, 5.74) is 5.71. The minimum Gasteiger partial charge on any atom is -0.366 e. The van der Waals surface area contributed by atoms with Crippen LogP contribution in [-0.4, -0.2) is 14.8 Å². The van der Waals surface area contributed by atoms with Crippen LogP contribution in [0.3, 0.4) is 0 Å². The van der Waals surface area contributed by atoms with E-state index in [2.05, 4.69) is 4.98 Å². The standard InChI is InChI=1S/C16H10ClF2N3O2S/c17-11-3-2-9(14(20)23)6-10(11)15-21-16(24)22(25-15)7-8-1-4-12(18)13(19)5-8/h1-6H,7H2,(H2,20,23). The van der Waals surface area contributed by atoms with E-state index in [0.29, 0.717) is 21.2 Å². The van der Waals surface area contributed by atoms with Crippen LogP contribution in [0.1, 0.15) is 15.9 Å². The van der Waals surface area contributed by atoms with E-state index in [9.17, 15) is 18.4 Å². The van der Waals surface area contributed by atoms with Crippen LogP contribution in [0, 0.1) is 11.6 Å². The molecule has 0 unspecified atom stereocenters. The molecule has 3 rings (SSSR count). The Morgan fingerprint density at radius 3 is 2.64 bits per heavy atom. The normalized spacial score (nSPS) is 10.8. The fourth-order valence-electron chi connectivity index (χ4n) is 2.16. The van der Waals surface area contributed by atoms with Crippen LogP contribution in [0.15, 0.2) is 41.2 Å². The van der Waals surface area contributed by atoms with Gasteiger partial charge in [0, 0.05) is 11.1 Å². The first-order chi connectivity index (χ1) is 11.8. The van der Waals surface area contributed by atoms with Crippen LogP contribution in [0.4, 0.5) is 8.78 Å². The molecule has 9 heteroatoms. The Labute approximate surface area is 149 Å². The Kier molecular flexibility index (Phi) is 4.65. The molecule has 0 bridgehead atoms. The number of nitrogens with zero attached hydrogens (tertiary/aromatic N) is 2. The lowest BCUT2D eigenvalue weighted by atomic mass is 10.1. The van der Waals surface area contributed by atoms with Crippen LogP contribution >= 0.6 is 23.1 Å². The van der Waals surface area contributed by atoms with Crippen molar-refractivity contribution in [3.8, 4) is 10.6 Å². The highest BCUT2D eigenvalue weighted by Crippen LogP contribution is 2.29. The molecule has 0 atom stereocenters. The summed E-state index contributed by atoms with van der Waals surface area (Å²) in [6.45, 7) is 0.0286. The summed E-state index contributed by atoms with van der Waals surface area (Å²) in [5.74, 6) is -2.59. The highest BCUT2D eigenvalue weighted by atomic mass is 35.5. The molecule has 3 aromatic rings. The van der Waals surface area contributed by atoms with Gasteiger partial charge in [-0.05, 0) is 47.4 Å². The van der Waals surface area contributed by atoms with Crippen molar-refractivity contribution < 1.29 is 13.6 Å². The van der Waals surface area contributed by atoms with Crippen LogP contribution < -0.4 is 11.4 Å². The van der Waals surface area contributed by atoms with Crippen molar-refractivity contribution in [3.05, 3.63) is 74.7 Å². The fraction of sp³-hybridized carbons (Fsp3) is 0.0625. The molecule has 1 amide bonds. The molecule has 5 nitrogen and oxygen atoms in total. The summed E-state index contributed by atoms with van der Waals surface area (Å²) in [7, 11) is 0. The van der Waals surface area contributed by atoms with Crippen molar-refractivity contribution >= 4 is 29.0 Å². The van der Waals surface area contributed by atoms with Crippen molar-refractivity contribution in [1.29, 1.82) is 0 Å². The molecule has 25 heavy (non-hydrogen) atoms. The number of carbonyl (C=O) groups excluding carboxylic acids is 1. The van der Waals surface area contributed by atoms with E-state index in [4.69, 9.17) is 17.3 Å². The summed E-state index contributed by atoms with van der Waals surface area (Å²) in [6.07, 6.45) is 0. The number of nitrogens with two attached hydrogens (primary N) is 1. The molecule has 0 aliphatic heterocycles. The van der Waals surface area contributed by atoms with Gasteiger partial charge in [-0.2, -0.15) is 4.98 Å². The number of hydrogen-bond acceptors (Lipinski definition) is 4. The number of rotatable bonds is 4. The average Bonchev–Trinajstić information content (AvgIpc) is 2.92. The van der Waals surface area contributed by atoms with Gasteiger partial charge in [0.05, 0.1) is 11.6 Å². The fourth-order valence-corrected chi connectivity index (χ4v) is 3.35. The second-order valence-corrected chi connectivity index (χ2v) is 6.55. The largest absolute Gasteiger partial charge is 0.366 e. The summed E-state index contributed by atoms with van der Waals surface area (Å²) in [4.78, 5) is 27.3. The van der Waals surface area contributed by atoms with Crippen molar-refractivity contribution in [3.63, 3.8) is 0 Å². The topological polar surface area (TPSA) is 78.0 Å². The monoisotopic (exact) mass is 381 g/mol. The van der Waals surface area contributed by atoms with Gasteiger partial charge in [0.2, 0.25) is 5.91 Å². The number of hydrogen-bond donors (Lipinski definition) is 1. The third kappa shape index (κ3) is 3.59. The van der Waals surface area contributed by atoms with Gasteiger partial charge in [0.1, 0.15) is 5.01 Å². The van der Waals surface area contributed by atoms with Gasteiger partial charge in [-0.25, -0.2) is 17.5 Å². The van der Waals surface area contributed by atoms with Crippen molar-refractivity contribution in [1.82, 2.24) is 8.94 Å². The smallest absolute Gasteiger partial charge is 0.358 e. The lowest BCUT2D eigenvalue weighted by molar-refractivity contribution is 0.100. The summed E-state index contributed by atoms with van der Waals surface area (Å²) in [5, 5.41) is 0.597. The van der Waals surface area contributed by atoms with Crippen molar-refractivity contribution in [2.75, 3.05) is 0 Å². The van der Waals surface area contributed by atoms with E-state index in [0.717, 1.165) is 23.7 Å². The third-order valence-electron chi connectivity index (χ3n) is 3.40. The minimum absolute atomic E-state index is 0.0286. The van der Waals surface area contributed by atoms with E-state index in [1.807, 2.05) is 0 Å².